The molecule has 0 fully saturated rings. The van der Waals surface area contributed by atoms with Crippen LogP contribution in [0.4, 0.5) is 0 Å². The summed E-state index contributed by atoms with van der Waals surface area (Å²) in [6.07, 6.45) is 0. The van der Waals surface area contributed by atoms with Crippen molar-refractivity contribution >= 4 is 43.6 Å². The van der Waals surface area contributed by atoms with Gasteiger partial charge in [-0.3, -0.25) is 0 Å². The summed E-state index contributed by atoms with van der Waals surface area (Å²) < 4.78 is 4.87. The molecular weight excluding hydrogens is 677 g/mol. The van der Waals surface area contributed by atoms with Crippen LogP contribution in [0.5, 0.6) is 0 Å². The lowest BCUT2D eigenvalue weighted by Gasteiger charge is -2.16. The predicted molar refractivity (Wildman–Crippen MR) is 237 cm³/mol. The van der Waals surface area contributed by atoms with Gasteiger partial charge in [0.15, 0.2) is 0 Å². The van der Waals surface area contributed by atoms with Crippen LogP contribution in [-0.4, -0.2) is 9.13 Å². The Morgan fingerprint density at radius 3 is 1.41 bits per heavy atom. The van der Waals surface area contributed by atoms with Gasteiger partial charge in [-0.05, 0) is 93.5 Å². The van der Waals surface area contributed by atoms with Gasteiger partial charge >= 0.3 is 0 Å². The largest absolute Gasteiger partial charge is 0.309 e. The molecular formula is C54H36N2. The molecule has 0 N–H and O–H groups in total. The van der Waals surface area contributed by atoms with E-state index in [1.807, 2.05) is 0 Å². The van der Waals surface area contributed by atoms with Crippen LogP contribution < -0.4 is 0 Å². The highest BCUT2D eigenvalue weighted by molar-refractivity contribution is 6.14. The average molecular weight is 713 g/mol. The second-order valence-corrected chi connectivity index (χ2v) is 14.6. The van der Waals surface area contributed by atoms with Crippen LogP contribution >= 0.6 is 0 Å². The van der Waals surface area contributed by atoms with Crippen molar-refractivity contribution in [3.05, 3.63) is 218 Å². The number of para-hydroxylation sites is 4. The smallest absolute Gasteiger partial charge is 0.0619 e. The third-order valence-electron chi connectivity index (χ3n) is 11.3. The first-order valence-electron chi connectivity index (χ1n) is 19.3. The minimum atomic E-state index is 1.13. The van der Waals surface area contributed by atoms with E-state index in [0.717, 1.165) is 11.4 Å². The van der Waals surface area contributed by atoms with E-state index in [-0.39, 0.29) is 0 Å². The van der Waals surface area contributed by atoms with Crippen molar-refractivity contribution in [3.63, 3.8) is 0 Å². The van der Waals surface area contributed by atoms with Crippen LogP contribution in [-0.2, 0) is 0 Å². The average Bonchev–Trinajstić information content (AvgIpc) is 3.80. The van der Waals surface area contributed by atoms with E-state index in [0.29, 0.717) is 0 Å². The molecule has 0 aliphatic heterocycles. The summed E-state index contributed by atoms with van der Waals surface area (Å²) >= 11 is 0. The van der Waals surface area contributed by atoms with E-state index in [1.165, 1.54) is 88.1 Å². The molecule has 0 amide bonds. The number of rotatable bonds is 6. The van der Waals surface area contributed by atoms with Gasteiger partial charge in [-0.15, -0.1) is 0 Å². The summed E-state index contributed by atoms with van der Waals surface area (Å²) in [5.74, 6) is 0. The first-order chi connectivity index (χ1) is 27.8. The maximum absolute atomic E-state index is 2.48. The van der Waals surface area contributed by atoms with Crippen molar-refractivity contribution < 1.29 is 0 Å². The molecule has 0 aliphatic rings. The highest BCUT2D eigenvalue weighted by atomic mass is 15.0. The molecule has 0 saturated heterocycles. The van der Waals surface area contributed by atoms with Crippen LogP contribution in [0.15, 0.2) is 218 Å². The van der Waals surface area contributed by atoms with Gasteiger partial charge in [0, 0.05) is 38.5 Å². The van der Waals surface area contributed by atoms with Crippen molar-refractivity contribution in [3.8, 4) is 55.9 Å². The van der Waals surface area contributed by atoms with E-state index in [1.54, 1.807) is 0 Å². The van der Waals surface area contributed by atoms with Gasteiger partial charge in [0.2, 0.25) is 0 Å². The minimum absolute atomic E-state index is 1.13. The molecule has 11 aromatic rings. The minimum Gasteiger partial charge on any atom is -0.309 e. The molecule has 2 nitrogen and oxygen atoms in total. The van der Waals surface area contributed by atoms with Crippen molar-refractivity contribution in [1.29, 1.82) is 0 Å². The topological polar surface area (TPSA) is 9.86 Å². The quantitative estimate of drug-likeness (QED) is 0.162. The third kappa shape index (κ3) is 5.26. The lowest BCUT2D eigenvalue weighted by molar-refractivity contribution is 1.18. The Hall–Kier alpha value is -7.42. The molecule has 0 bridgehead atoms. The lowest BCUT2D eigenvalue weighted by Crippen LogP contribution is -1.97. The molecule has 2 aromatic heterocycles. The van der Waals surface area contributed by atoms with E-state index >= 15 is 0 Å². The normalized spacial score (nSPS) is 11.6. The van der Waals surface area contributed by atoms with Crippen LogP contribution in [0.1, 0.15) is 0 Å². The first kappa shape index (κ1) is 32.0. The summed E-state index contributed by atoms with van der Waals surface area (Å²) in [4.78, 5) is 0. The maximum Gasteiger partial charge on any atom is 0.0619 e. The second kappa shape index (κ2) is 13.2. The fraction of sp³-hybridized carbons (Fsp3) is 0. The van der Waals surface area contributed by atoms with Gasteiger partial charge in [0.25, 0.3) is 0 Å². The fourth-order valence-corrected chi connectivity index (χ4v) is 8.70. The molecule has 2 heteroatoms. The molecule has 0 aliphatic carbocycles. The van der Waals surface area contributed by atoms with E-state index in [9.17, 15) is 0 Å². The Balaban J connectivity index is 1.17. The number of nitrogens with zero attached hydrogens (tertiary/aromatic N) is 2. The predicted octanol–water partition coefficient (Wildman–Crippen LogP) is 14.5. The number of hydrogen-bond acceptors (Lipinski definition) is 0. The number of aromatic nitrogens is 2. The van der Waals surface area contributed by atoms with E-state index < -0.39 is 0 Å². The Kier molecular flexibility index (Phi) is 7.53. The number of fused-ring (bicyclic) bond motifs is 6. The van der Waals surface area contributed by atoms with Crippen molar-refractivity contribution in [2.75, 3.05) is 0 Å². The van der Waals surface area contributed by atoms with Crippen molar-refractivity contribution in [1.82, 2.24) is 9.13 Å². The van der Waals surface area contributed by atoms with Gasteiger partial charge in [0.1, 0.15) is 0 Å². The second-order valence-electron chi connectivity index (χ2n) is 14.6. The zero-order valence-electron chi connectivity index (χ0n) is 30.7. The van der Waals surface area contributed by atoms with E-state index in [4.69, 9.17) is 0 Å². The monoisotopic (exact) mass is 712 g/mol. The summed E-state index contributed by atoms with van der Waals surface area (Å²) in [7, 11) is 0. The molecule has 0 saturated carbocycles. The summed E-state index contributed by atoms with van der Waals surface area (Å²) in [6.45, 7) is 0. The number of benzene rings is 9. The Bertz CT molecular complexity index is 3210. The highest BCUT2D eigenvalue weighted by Crippen LogP contribution is 2.41. The van der Waals surface area contributed by atoms with Gasteiger partial charge in [0.05, 0.1) is 22.1 Å². The first-order valence-corrected chi connectivity index (χ1v) is 19.3. The van der Waals surface area contributed by atoms with Gasteiger partial charge in [-0.25, -0.2) is 0 Å². The van der Waals surface area contributed by atoms with Crippen LogP contribution in [0, 0.1) is 0 Å². The van der Waals surface area contributed by atoms with Gasteiger partial charge < -0.3 is 9.13 Å². The molecule has 0 atom stereocenters. The standard InChI is InChI=1S/C54H36N2/c1-4-15-37(16-5-1)38-27-29-39(30-28-38)42-33-43(41-31-32-53-50(36-41)48-22-11-12-25-51(48)55(53)44-19-8-3-9-20-44)35-45(34-42)56-52-26-13-10-21-47(52)49-24-14-23-46(54(49)56)40-17-6-2-7-18-40/h1-36H. The van der Waals surface area contributed by atoms with Crippen LogP contribution in [0.2, 0.25) is 0 Å². The van der Waals surface area contributed by atoms with E-state index in [2.05, 4.69) is 228 Å². The Morgan fingerprint density at radius 1 is 0.232 bits per heavy atom. The van der Waals surface area contributed by atoms with Crippen LogP contribution in [0.25, 0.3) is 99.5 Å². The van der Waals surface area contributed by atoms with Gasteiger partial charge in [-0.2, -0.15) is 0 Å². The molecule has 11 rings (SSSR count). The zero-order valence-corrected chi connectivity index (χ0v) is 30.7. The van der Waals surface area contributed by atoms with Crippen molar-refractivity contribution in [2.24, 2.45) is 0 Å². The molecule has 56 heavy (non-hydrogen) atoms. The zero-order chi connectivity index (χ0) is 37.0. The highest BCUT2D eigenvalue weighted by Gasteiger charge is 2.19. The molecule has 9 aromatic carbocycles. The summed E-state index contributed by atoms with van der Waals surface area (Å²) in [5, 5.41) is 4.98. The van der Waals surface area contributed by atoms with Crippen molar-refractivity contribution in [2.45, 2.75) is 0 Å². The molecule has 2 heterocycles. The maximum atomic E-state index is 2.48. The lowest BCUT2D eigenvalue weighted by atomic mass is 9.95. The Labute approximate surface area is 325 Å². The van der Waals surface area contributed by atoms with Crippen LogP contribution in [0.3, 0.4) is 0 Å². The summed E-state index contributed by atoms with van der Waals surface area (Å²) in [6, 6.07) is 79.5. The molecule has 0 spiro atoms. The van der Waals surface area contributed by atoms with Gasteiger partial charge in [-0.1, -0.05) is 164 Å². The molecule has 0 radical (unpaired) electrons. The summed E-state index contributed by atoms with van der Waals surface area (Å²) in [5.41, 5.74) is 16.7. The molecule has 0 unspecified atom stereocenters. The Morgan fingerprint density at radius 2 is 0.714 bits per heavy atom. The SMILES string of the molecule is c1ccc(-c2ccc(-c3cc(-c4ccc5c(c4)c4ccccc4n5-c4ccccc4)cc(-n4c5ccccc5c5cccc(-c6ccccc6)c54)c3)cc2)cc1. The molecule has 262 valence electrons. The fourth-order valence-electron chi connectivity index (χ4n) is 8.70. The number of hydrogen-bond donors (Lipinski definition) is 0. The third-order valence-corrected chi connectivity index (χ3v) is 11.3.